The molecule has 0 radical (unpaired) electrons. The van der Waals surface area contributed by atoms with Crippen LogP contribution in [0.2, 0.25) is 0 Å². The highest BCUT2D eigenvalue weighted by molar-refractivity contribution is 5.93. The van der Waals surface area contributed by atoms with Crippen LogP contribution in [0.3, 0.4) is 0 Å². The molecule has 1 aromatic carbocycles. The van der Waals surface area contributed by atoms with Gasteiger partial charge in [-0.25, -0.2) is 9.37 Å². The fraction of sp³-hybridized carbons (Fsp3) is 0.350. The van der Waals surface area contributed by atoms with Gasteiger partial charge in [-0.3, -0.25) is 14.5 Å². The fourth-order valence-corrected chi connectivity index (χ4v) is 3.23. The zero-order valence-corrected chi connectivity index (χ0v) is 15.4. The highest BCUT2D eigenvalue weighted by Gasteiger charge is 2.27. The van der Waals surface area contributed by atoms with Crippen LogP contribution in [0.4, 0.5) is 15.9 Å². The standard InChI is InChI=1S/C20H23FN4O3/c21-16-5-1-2-6-17(16)23-19(26)13-15(20(27)28)14-24-9-11-25(12-10-24)18-7-3-4-8-22-18/h1-8,15H,9-14H2,(H,23,26)(H,27,28). The number of carboxylic acid groups (broad SMARTS) is 1. The van der Waals surface area contributed by atoms with E-state index in [9.17, 15) is 19.1 Å². The third-order valence-corrected chi connectivity index (χ3v) is 4.75. The minimum atomic E-state index is -1.03. The van der Waals surface area contributed by atoms with Crippen molar-refractivity contribution in [3.05, 3.63) is 54.5 Å². The summed E-state index contributed by atoms with van der Waals surface area (Å²) in [6.07, 6.45) is 1.54. The predicted molar refractivity (Wildman–Crippen MR) is 104 cm³/mol. The Morgan fingerprint density at radius 1 is 1.11 bits per heavy atom. The number of carbonyl (C=O) groups excluding carboxylic acids is 1. The molecule has 28 heavy (non-hydrogen) atoms. The lowest BCUT2D eigenvalue weighted by Gasteiger charge is -2.36. The van der Waals surface area contributed by atoms with E-state index < -0.39 is 23.6 Å². The van der Waals surface area contributed by atoms with Gasteiger partial charge in [0.25, 0.3) is 0 Å². The number of aliphatic carboxylic acids is 1. The lowest BCUT2D eigenvalue weighted by Crippen LogP contribution is -2.49. The van der Waals surface area contributed by atoms with Crippen LogP contribution in [0, 0.1) is 11.7 Å². The van der Waals surface area contributed by atoms with Crippen molar-refractivity contribution in [1.82, 2.24) is 9.88 Å². The highest BCUT2D eigenvalue weighted by Crippen LogP contribution is 2.17. The number of hydrogen-bond donors (Lipinski definition) is 2. The first kappa shape index (κ1) is 19.8. The van der Waals surface area contributed by atoms with Gasteiger partial charge in [0.15, 0.2) is 0 Å². The quantitative estimate of drug-likeness (QED) is 0.758. The molecule has 2 aromatic rings. The minimum absolute atomic E-state index is 0.0561. The number of nitrogens with one attached hydrogen (secondary N) is 1. The number of hydrogen-bond acceptors (Lipinski definition) is 5. The number of aromatic nitrogens is 1. The minimum Gasteiger partial charge on any atom is -0.481 e. The molecule has 3 rings (SSSR count). The molecule has 1 fully saturated rings. The molecule has 0 aliphatic carbocycles. The number of nitrogens with zero attached hydrogens (tertiary/aromatic N) is 3. The Bertz CT molecular complexity index is 810. The van der Waals surface area contributed by atoms with E-state index in [2.05, 4.69) is 15.2 Å². The van der Waals surface area contributed by atoms with E-state index in [-0.39, 0.29) is 18.7 Å². The smallest absolute Gasteiger partial charge is 0.308 e. The van der Waals surface area contributed by atoms with Gasteiger partial charge in [0.05, 0.1) is 11.6 Å². The van der Waals surface area contributed by atoms with Crippen molar-refractivity contribution in [1.29, 1.82) is 0 Å². The number of piperazine rings is 1. The maximum Gasteiger partial charge on any atom is 0.308 e. The van der Waals surface area contributed by atoms with Gasteiger partial charge in [-0.2, -0.15) is 0 Å². The topological polar surface area (TPSA) is 85.8 Å². The molecule has 1 aromatic heterocycles. The molecule has 2 N–H and O–H groups in total. The van der Waals surface area contributed by atoms with Gasteiger partial charge in [0, 0.05) is 45.3 Å². The maximum absolute atomic E-state index is 13.6. The molecule has 148 valence electrons. The van der Waals surface area contributed by atoms with Crippen molar-refractivity contribution in [3.8, 4) is 0 Å². The summed E-state index contributed by atoms with van der Waals surface area (Å²) >= 11 is 0. The molecule has 1 aliphatic heterocycles. The average molecular weight is 386 g/mol. The van der Waals surface area contributed by atoms with Gasteiger partial charge in [-0.15, -0.1) is 0 Å². The molecule has 0 bridgehead atoms. The van der Waals surface area contributed by atoms with Crippen LogP contribution in [0.1, 0.15) is 6.42 Å². The van der Waals surface area contributed by atoms with Crippen LogP contribution in [0.5, 0.6) is 0 Å². The van der Waals surface area contributed by atoms with Crippen LogP contribution in [0.15, 0.2) is 48.7 Å². The van der Waals surface area contributed by atoms with Crippen molar-refractivity contribution >= 4 is 23.4 Å². The van der Waals surface area contributed by atoms with Gasteiger partial charge >= 0.3 is 5.97 Å². The molecule has 8 heteroatoms. The average Bonchev–Trinajstić information content (AvgIpc) is 2.70. The first-order valence-corrected chi connectivity index (χ1v) is 9.18. The lowest BCUT2D eigenvalue weighted by molar-refractivity contribution is -0.144. The first-order chi connectivity index (χ1) is 13.5. The second-order valence-electron chi connectivity index (χ2n) is 6.74. The Kier molecular flexibility index (Phi) is 6.54. The highest BCUT2D eigenvalue weighted by atomic mass is 19.1. The molecule has 1 saturated heterocycles. The summed E-state index contributed by atoms with van der Waals surface area (Å²) in [5.74, 6) is -2.04. The van der Waals surface area contributed by atoms with Gasteiger partial charge in [0.1, 0.15) is 11.6 Å². The van der Waals surface area contributed by atoms with Crippen molar-refractivity contribution in [2.24, 2.45) is 5.92 Å². The summed E-state index contributed by atoms with van der Waals surface area (Å²) in [6.45, 7) is 3.14. The van der Waals surface area contributed by atoms with E-state index in [0.717, 1.165) is 18.9 Å². The zero-order chi connectivity index (χ0) is 19.9. The number of pyridine rings is 1. The third kappa shape index (κ3) is 5.26. The molecule has 0 spiro atoms. The van der Waals surface area contributed by atoms with Gasteiger partial charge < -0.3 is 15.3 Å². The summed E-state index contributed by atoms with van der Waals surface area (Å²) in [4.78, 5) is 32.3. The number of benzene rings is 1. The third-order valence-electron chi connectivity index (χ3n) is 4.75. The predicted octanol–water partition coefficient (Wildman–Crippen LogP) is 2.07. The lowest BCUT2D eigenvalue weighted by atomic mass is 10.0. The Balaban J connectivity index is 1.52. The number of anilines is 2. The van der Waals surface area contributed by atoms with Crippen molar-refractivity contribution in [3.63, 3.8) is 0 Å². The Morgan fingerprint density at radius 3 is 2.46 bits per heavy atom. The number of para-hydroxylation sites is 1. The molecular formula is C20H23FN4O3. The molecule has 2 heterocycles. The van der Waals surface area contributed by atoms with E-state index in [0.29, 0.717) is 13.1 Å². The Morgan fingerprint density at radius 2 is 1.82 bits per heavy atom. The number of amides is 1. The fourth-order valence-electron chi connectivity index (χ4n) is 3.23. The second-order valence-corrected chi connectivity index (χ2v) is 6.74. The Labute approximate surface area is 162 Å². The van der Waals surface area contributed by atoms with E-state index in [4.69, 9.17) is 0 Å². The summed E-state index contributed by atoms with van der Waals surface area (Å²) in [5.41, 5.74) is 0.0561. The number of carboxylic acids is 1. The monoisotopic (exact) mass is 386 g/mol. The van der Waals surface area contributed by atoms with Crippen LogP contribution < -0.4 is 10.2 Å². The number of carbonyl (C=O) groups is 2. The van der Waals surface area contributed by atoms with Crippen LogP contribution >= 0.6 is 0 Å². The molecular weight excluding hydrogens is 363 g/mol. The van der Waals surface area contributed by atoms with Crippen LogP contribution in [-0.2, 0) is 9.59 Å². The SMILES string of the molecule is O=C(CC(CN1CCN(c2ccccn2)CC1)C(=O)O)Nc1ccccc1F. The van der Waals surface area contributed by atoms with E-state index in [1.165, 1.54) is 18.2 Å². The van der Waals surface area contributed by atoms with Gasteiger partial charge in [-0.05, 0) is 24.3 Å². The van der Waals surface area contributed by atoms with Crippen molar-refractivity contribution in [2.75, 3.05) is 42.9 Å². The van der Waals surface area contributed by atoms with Crippen molar-refractivity contribution < 1.29 is 19.1 Å². The van der Waals surface area contributed by atoms with Crippen molar-refractivity contribution in [2.45, 2.75) is 6.42 Å². The second kappa shape index (κ2) is 9.27. The molecule has 1 atom stereocenters. The number of rotatable bonds is 7. The van der Waals surface area contributed by atoms with E-state index in [1.54, 1.807) is 12.3 Å². The summed E-state index contributed by atoms with van der Waals surface area (Å²) < 4.78 is 13.6. The van der Waals surface area contributed by atoms with Gasteiger partial charge in [-0.1, -0.05) is 18.2 Å². The van der Waals surface area contributed by atoms with E-state index in [1.807, 2.05) is 23.1 Å². The molecule has 1 amide bonds. The van der Waals surface area contributed by atoms with Crippen LogP contribution in [0.25, 0.3) is 0 Å². The molecule has 0 saturated carbocycles. The largest absolute Gasteiger partial charge is 0.481 e. The molecule has 7 nitrogen and oxygen atoms in total. The maximum atomic E-state index is 13.6. The molecule has 1 aliphatic rings. The normalized spacial score (nSPS) is 15.8. The molecule has 1 unspecified atom stereocenters. The van der Waals surface area contributed by atoms with Gasteiger partial charge in [0.2, 0.25) is 5.91 Å². The van der Waals surface area contributed by atoms with Crippen LogP contribution in [-0.4, -0.2) is 59.6 Å². The van der Waals surface area contributed by atoms with E-state index >= 15 is 0 Å². The zero-order valence-electron chi connectivity index (χ0n) is 15.4. The number of halogens is 1. The summed E-state index contributed by atoms with van der Waals surface area (Å²) in [7, 11) is 0. The summed E-state index contributed by atoms with van der Waals surface area (Å²) in [5, 5.41) is 12.0. The summed E-state index contributed by atoms with van der Waals surface area (Å²) in [6, 6.07) is 11.6. The Hall–Kier alpha value is -3.00. The first-order valence-electron chi connectivity index (χ1n) is 9.18.